The van der Waals surface area contributed by atoms with Gasteiger partial charge in [-0.3, -0.25) is 9.97 Å². The molecule has 0 aliphatic rings. The van der Waals surface area contributed by atoms with Gasteiger partial charge in [-0.05, 0) is 47.6 Å². The molecule has 5 heteroatoms. The van der Waals surface area contributed by atoms with Gasteiger partial charge in [0.1, 0.15) is 12.4 Å². The molecule has 0 atom stereocenters. The summed E-state index contributed by atoms with van der Waals surface area (Å²) < 4.78 is 6.75. The van der Waals surface area contributed by atoms with Gasteiger partial charge >= 0.3 is 0 Å². The summed E-state index contributed by atoms with van der Waals surface area (Å²) in [6, 6.07) is 5.87. The SMILES string of the molecule is Cc1ccc(OCc2cncc(Br)c2)c(CCN)n1. The van der Waals surface area contributed by atoms with E-state index in [-0.39, 0.29) is 0 Å². The van der Waals surface area contributed by atoms with E-state index in [1.54, 1.807) is 12.4 Å². The topological polar surface area (TPSA) is 61.0 Å². The molecule has 2 N–H and O–H groups in total. The number of aryl methyl sites for hydroxylation is 1. The minimum absolute atomic E-state index is 0.467. The predicted molar refractivity (Wildman–Crippen MR) is 78.0 cm³/mol. The number of aromatic nitrogens is 2. The molecule has 19 heavy (non-hydrogen) atoms. The van der Waals surface area contributed by atoms with E-state index < -0.39 is 0 Å². The molecule has 0 saturated carbocycles. The lowest BCUT2D eigenvalue weighted by atomic mass is 10.2. The van der Waals surface area contributed by atoms with Crippen molar-refractivity contribution in [2.75, 3.05) is 6.54 Å². The monoisotopic (exact) mass is 321 g/mol. The highest BCUT2D eigenvalue weighted by molar-refractivity contribution is 9.10. The Bertz CT molecular complexity index is 560. The van der Waals surface area contributed by atoms with Crippen LogP contribution in [0.1, 0.15) is 17.0 Å². The van der Waals surface area contributed by atoms with Crippen molar-refractivity contribution in [1.29, 1.82) is 0 Å². The van der Waals surface area contributed by atoms with Gasteiger partial charge in [0, 0.05) is 34.5 Å². The zero-order valence-electron chi connectivity index (χ0n) is 10.8. The molecule has 0 aliphatic heterocycles. The highest BCUT2D eigenvalue weighted by atomic mass is 79.9. The van der Waals surface area contributed by atoms with Crippen molar-refractivity contribution < 1.29 is 4.74 Å². The Morgan fingerprint density at radius 3 is 2.89 bits per heavy atom. The zero-order valence-corrected chi connectivity index (χ0v) is 12.4. The van der Waals surface area contributed by atoms with E-state index in [4.69, 9.17) is 10.5 Å². The molecule has 0 saturated heterocycles. The summed E-state index contributed by atoms with van der Waals surface area (Å²) in [4.78, 5) is 8.57. The number of nitrogens with two attached hydrogens (primary N) is 1. The van der Waals surface area contributed by atoms with Crippen LogP contribution in [0.4, 0.5) is 0 Å². The lowest BCUT2D eigenvalue weighted by molar-refractivity contribution is 0.300. The van der Waals surface area contributed by atoms with Gasteiger partial charge in [0.05, 0.1) is 5.69 Å². The second kappa shape index (κ2) is 6.63. The Morgan fingerprint density at radius 2 is 2.16 bits per heavy atom. The molecule has 0 spiro atoms. The van der Waals surface area contributed by atoms with Crippen LogP contribution in [0, 0.1) is 6.92 Å². The molecule has 4 nitrogen and oxygen atoms in total. The summed E-state index contributed by atoms with van der Waals surface area (Å²) in [5.41, 5.74) is 8.48. The maximum atomic E-state index is 5.81. The van der Waals surface area contributed by atoms with Crippen molar-refractivity contribution in [1.82, 2.24) is 9.97 Å². The molecule has 2 aromatic rings. The molecule has 2 rings (SSSR count). The lowest BCUT2D eigenvalue weighted by Crippen LogP contribution is -2.08. The fourth-order valence-corrected chi connectivity index (χ4v) is 2.15. The van der Waals surface area contributed by atoms with Gasteiger partial charge in [-0.2, -0.15) is 0 Å². The molecule has 2 heterocycles. The van der Waals surface area contributed by atoms with Gasteiger partial charge in [-0.15, -0.1) is 0 Å². The first-order chi connectivity index (χ1) is 9.19. The van der Waals surface area contributed by atoms with E-state index in [0.717, 1.165) is 27.2 Å². The highest BCUT2D eigenvalue weighted by Gasteiger charge is 2.06. The Balaban J connectivity index is 2.10. The molecule has 0 unspecified atom stereocenters. The second-order valence-electron chi connectivity index (χ2n) is 4.24. The van der Waals surface area contributed by atoms with Gasteiger partial charge in [0.2, 0.25) is 0 Å². The van der Waals surface area contributed by atoms with E-state index >= 15 is 0 Å². The smallest absolute Gasteiger partial charge is 0.141 e. The number of nitrogens with zero attached hydrogens (tertiary/aromatic N) is 2. The Morgan fingerprint density at radius 1 is 1.32 bits per heavy atom. The third kappa shape index (κ3) is 4.01. The maximum absolute atomic E-state index is 5.81. The zero-order chi connectivity index (χ0) is 13.7. The molecule has 0 fully saturated rings. The molecular formula is C14H16BrN3O. The van der Waals surface area contributed by atoms with Gasteiger partial charge in [0.15, 0.2) is 0 Å². The van der Waals surface area contributed by atoms with E-state index in [9.17, 15) is 0 Å². The first-order valence-electron chi connectivity index (χ1n) is 6.08. The Hall–Kier alpha value is -1.46. The van der Waals surface area contributed by atoms with Gasteiger partial charge in [0.25, 0.3) is 0 Å². The highest BCUT2D eigenvalue weighted by Crippen LogP contribution is 2.19. The lowest BCUT2D eigenvalue weighted by Gasteiger charge is -2.11. The van der Waals surface area contributed by atoms with Gasteiger partial charge in [-0.25, -0.2) is 0 Å². The van der Waals surface area contributed by atoms with Crippen molar-refractivity contribution in [3.63, 3.8) is 0 Å². The molecular weight excluding hydrogens is 306 g/mol. The number of hydrogen-bond acceptors (Lipinski definition) is 4. The summed E-state index contributed by atoms with van der Waals surface area (Å²) >= 11 is 3.39. The average Bonchev–Trinajstić information content (AvgIpc) is 2.38. The maximum Gasteiger partial charge on any atom is 0.141 e. The number of rotatable bonds is 5. The predicted octanol–water partition coefficient (Wildman–Crippen LogP) is 2.63. The molecule has 0 bridgehead atoms. The van der Waals surface area contributed by atoms with Gasteiger partial charge < -0.3 is 10.5 Å². The van der Waals surface area contributed by atoms with Crippen molar-refractivity contribution in [2.45, 2.75) is 20.0 Å². The normalized spacial score (nSPS) is 10.5. The van der Waals surface area contributed by atoms with Crippen LogP contribution in [-0.4, -0.2) is 16.5 Å². The first-order valence-corrected chi connectivity index (χ1v) is 6.87. The van der Waals surface area contributed by atoms with Crippen LogP contribution < -0.4 is 10.5 Å². The molecule has 2 aromatic heterocycles. The van der Waals surface area contributed by atoms with E-state index in [2.05, 4.69) is 25.9 Å². The molecule has 0 aromatic carbocycles. The molecule has 0 radical (unpaired) electrons. The third-order valence-electron chi connectivity index (χ3n) is 2.61. The Kier molecular flexibility index (Phi) is 4.87. The van der Waals surface area contributed by atoms with Crippen molar-refractivity contribution >= 4 is 15.9 Å². The minimum Gasteiger partial charge on any atom is -0.487 e. The molecule has 0 amide bonds. The summed E-state index contributed by atoms with van der Waals surface area (Å²) in [5, 5.41) is 0. The number of halogens is 1. The Labute approximate surface area is 121 Å². The van der Waals surface area contributed by atoms with E-state index in [1.807, 2.05) is 25.1 Å². The van der Waals surface area contributed by atoms with Crippen LogP contribution in [0.25, 0.3) is 0 Å². The quantitative estimate of drug-likeness (QED) is 0.919. The van der Waals surface area contributed by atoms with Crippen molar-refractivity contribution in [2.24, 2.45) is 5.73 Å². The fourth-order valence-electron chi connectivity index (χ4n) is 1.74. The second-order valence-corrected chi connectivity index (χ2v) is 5.15. The summed E-state index contributed by atoms with van der Waals surface area (Å²) in [6.07, 6.45) is 4.25. The van der Waals surface area contributed by atoms with Crippen molar-refractivity contribution in [3.05, 3.63) is 52.0 Å². The van der Waals surface area contributed by atoms with Crippen LogP contribution in [0.3, 0.4) is 0 Å². The fraction of sp³-hybridized carbons (Fsp3) is 0.286. The summed E-state index contributed by atoms with van der Waals surface area (Å²) in [5.74, 6) is 0.788. The van der Waals surface area contributed by atoms with Crippen LogP contribution in [0.5, 0.6) is 5.75 Å². The van der Waals surface area contributed by atoms with Crippen LogP contribution in [0.15, 0.2) is 35.1 Å². The van der Waals surface area contributed by atoms with Crippen molar-refractivity contribution in [3.8, 4) is 5.75 Å². The van der Waals surface area contributed by atoms with E-state index in [0.29, 0.717) is 19.6 Å². The molecule has 100 valence electrons. The van der Waals surface area contributed by atoms with E-state index in [1.165, 1.54) is 0 Å². The van der Waals surface area contributed by atoms with Crippen LogP contribution in [-0.2, 0) is 13.0 Å². The molecule has 0 aliphatic carbocycles. The number of ether oxygens (including phenoxy) is 1. The van der Waals surface area contributed by atoms with Crippen LogP contribution >= 0.6 is 15.9 Å². The average molecular weight is 322 g/mol. The van der Waals surface area contributed by atoms with Gasteiger partial charge in [-0.1, -0.05) is 0 Å². The van der Waals surface area contributed by atoms with Crippen LogP contribution in [0.2, 0.25) is 0 Å². The standard InChI is InChI=1S/C14H16BrN3O/c1-10-2-3-14(13(18-10)4-5-16)19-9-11-6-12(15)8-17-7-11/h2-3,6-8H,4-5,9,16H2,1H3. The number of pyridine rings is 2. The minimum atomic E-state index is 0.467. The first kappa shape index (κ1) is 14.0. The summed E-state index contributed by atoms with van der Waals surface area (Å²) in [7, 11) is 0. The largest absolute Gasteiger partial charge is 0.487 e. The third-order valence-corrected chi connectivity index (χ3v) is 3.04. The summed E-state index contributed by atoms with van der Waals surface area (Å²) in [6.45, 7) is 2.99. The number of hydrogen-bond donors (Lipinski definition) is 1.